The molecule has 1 aliphatic heterocycles. The number of nitrogens with zero attached hydrogens (tertiary/aromatic N) is 1. The molecule has 1 aliphatic carbocycles. The maximum atomic E-state index is 12.3. The van der Waals surface area contributed by atoms with Crippen LogP contribution < -0.4 is 5.32 Å². The van der Waals surface area contributed by atoms with E-state index in [1.165, 1.54) is 32.1 Å². The third-order valence-electron chi connectivity index (χ3n) is 4.83. The van der Waals surface area contributed by atoms with Gasteiger partial charge in [-0.3, -0.25) is 9.69 Å². The minimum Gasteiger partial charge on any atom is -0.390 e. The lowest BCUT2D eigenvalue weighted by Crippen LogP contribution is -2.43. The van der Waals surface area contributed by atoms with Crippen LogP contribution >= 0.6 is 11.6 Å². The topological polar surface area (TPSA) is 52.6 Å². The lowest BCUT2D eigenvalue weighted by atomic mass is 9.94. The molecule has 1 heterocycles. The van der Waals surface area contributed by atoms with Gasteiger partial charge in [-0.2, -0.15) is 0 Å². The molecule has 0 aromatic heterocycles. The lowest BCUT2D eigenvalue weighted by Gasteiger charge is -2.30. The zero-order chi connectivity index (χ0) is 15.5. The highest BCUT2D eigenvalue weighted by Crippen LogP contribution is 2.26. The second-order valence-electron chi connectivity index (χ2n) is 6.40. The predicted molar refractivity (Wildman–Crippen MR) is 87.2 cm³/mol. The summed E-state index contributed by atoms with van der Waals surface area (Å²) in [4.78, 5) is 14.6. The quantitative estimate of drug-likeness (QED) is 0.898. The molecule has 120 valence electrons. The number of hydrogen-bond acceptors (Lipinski definition) is 3. The van der Waals surface area contributed by atoms with Crippen molar-refractivity contribution >= 4 is 17.5 Å². The minimum absolute atomic E-state index is 0.147. The summed E-state index contributed by atoms with van der Waals surface area (Å²) in [6, 6.07) is 7.20. The van der Waals surface area contributed by atoms with Crippen molar-refractivity contribution in [3.05, 3.63) is 34.9 Å². The van der Waals surface area contributed by atoms with Crippen molar-refractivity contribution in [2.45, 2.75) is 50.3 Å². The molecule has 22 heavy (non-hydrogen) atoms. The van der Waals surface area contributed by atoms with Crippen LogP contribution in [0.3, 0.4) is 0 Å². The van der Waals surface area contributed by atoms with Gasteiger partial charge in [0.1, 0.15) is 0 Å². The Morgan fingerprint density at radius 1 is 1.14 bits per heavy atom. The van der Waals surface area contributed by atoms with Gasteiger partial charge in [-0.1, -0.05) is 30.9 Å². The van der Waals surface area contributed by atoms with Gasteiger partial charge in [0.25, 0.3) is 5.91 Å². The van der Waals surface area contributed by atoms with Gasteiger partial charge in [-0.05, 0) is 37.1 Å². The fourth-order valence-electron chi connectivity index (χ4n) is 3.56. The minimum atomic E-state index is -0.488. The van der Waals surface area contributed by atoms with Gasteiger partial charge < -0.3 is 10.4 Å². The average molecular weight is 323 g/mol. The van der Waals surface area contributed by atoms with Gasteiger partial charge in [0.15, 0.2) is 0 Å². The number of aliphatic hydroxyl groups is 1. The first-order chi connectivity index (χ1) is 10.6. The highest BCUT2D eigenvalue weighted by Gasteiger charge is 2.36. The molecule has 5 heteroatoms. The van der Waals surface area contributed by atoms with Crippen LogP contribution in [0.25, 0.3) is 0 Å². The van der Waals surface area contributed by atoms with Gasteiger partial charge in [-0.15, -0.1) is 0 Å². The Kier molecular flexibility index (Phi) is 5.01. The summed E-state index contributed by atoms with van der Waals surface area (Å²) < 4.78 is 0. The van der Waals surface area contributed by atoms with E-state index < -0.39 is 6.10 Å². The van der Waals surface area contributed by atoms with E-state index in [0.717, 1.165) is 6.54 Å². The van der Waals surface area contributed by atoms with Crippen molar-refractivity contribution in [2.75, 3.05) is 13.1 Å². The SMILES string of the molecule is O=C(N[C@@H]1CN(C2CCCCC2)C[C@H]1O)c1ccc(Cl)cc1. The van der Waals surface area contributed by atoms with E-state index in [0.29, 0.717) is 23.2 Å². The third kappa shape index (κ3) is 3.62. The molecule has 0 spiro atoms. The Balaban J connectivity index is 1.58. The van der Waals surface area contributed by atoms with Crippen LogP contribution in [0.15, 0.2) is 24.3 Å². The van der Waals surface area contributed by atoms with Crippen molar-refractivity contribution in [3.63, 3.8) is 0 Å². The van der Waals surface area contributed by atoms with E-state index in [4.69, 9.17) is 11.6 Å². The normalized spacial score (nSPS) is 27.0. The lowest BCUT2D eigenvalue weighted by molar-refractivity contribution is 0.0887. The van der Waals surface area contributed by atoms with Crippen molar-refractivity contribution in [1.29, 1.82) is 0 Å². The van der Waals surface area contributed by atoms with Crippen LogP contribution in [0.5, 0.6) is 0 Å². The Labute approximate surface area is 136 Å². The first-order valence-electron chi connectivity index (χ1n) is 8.12. The third-order valence-corrected chi connectivity index (χ3v) is 5.08. The Hall–Kier alpha value is -1.10. The largest absolute Gasteiger partial charge is 0.390 e. The molecule has 3 rings (SSSR count). The average Bonchev–Trinajstić information content (AvgIpc) is 2.90. The predicted octanol–water partition coefficient (Wildman–Crippen LogP) is 2.45. The smallest absolute Gasteiger partial charge is 0.251 e. The molecule has 0 unspecified atom stereocenters. The number of amides is 1. The van der Waals surface area contributed by atoms with Crippen LogP contribution in [0.2, 0.25) is 5.02 Å². The highest BCUT2D eigenvalue weighted by atomic mass is 35.5. The number of likely N-dealkylation sites (tertiary alicyclic amines) is 1. The summed E-state index contributed by atoms with van der Waals surface area (Å²) in [6.07, 6.45) is 5.81. The summed E-state index contributed by atoms with van der Waals surface area (Å²) in [5.41, 5.74) is 0.577. The number of hydrogen-bond donors (Lipinski definition) is 2. The number of benzene rings is 1. The van der Waals surface area contributed by atoms with Gasteiger partial charge >= 0.3 is 0 Å². The molecule has 2 atom stereocenters. The van der Waals surface area contributed by atoms with Gasteiger partial charge in [0.05, 0.1) is 12.1 Å². The molecule has 0 bridgehead atoms. The van der Waals surface area contributed by atoms with Gasteiger partial charge in [0.2, 0.25) is 0 Å². The number of β-amino-alcohol motifs (C(OH)–C–C–N with tert-alkyl or cyclic N) is 1. The number of nitrogens with one attached hydrogen (secondary N) is 1. The summed E-state index contributed by atoms with van der Waals surface area (Å²) >= 11 is 5.84. The molecule has 1 saturated heterocycles. The number of rotatable bonds is 3. The number of carbonyl (C=O) groups excluding carboxylic acids is 1. The second kappa shape index (κ2) is 6.99. The maximum absolute atomic E-state index is 12.3. The molecule has 2 N–H and O–H groups in total. The Bertz CT molecular complexity index is 514. The maximum Gasteiger partial charge on any atom is 0.251 e. The summed E-state index contributed by atoms with van der Waals surface area (Å²) in [7, 11) is 0. The molecule has 1 saturated carbocycles. The molecule has 1 aromatic rings. The number of aliphatic hydroxyl groups excluding tert-OH is 1. The van der Waals surface area contributed by atoms with Crippen molar-refractivity contribution in [2.24, 2.45) is 0 Å². The van der Waals surface area contributed by atoms with Gasteiger partial charge in [0, 0.05) is 29.7 Å². The van der Waals surface area contributed by atoms with Crippen molar-refractivity contribution in [1.82, 2.24) is 10.2 Å². The summed E-state index contributed by atoms with van der Waals surface area (Å²) in [6.45, 7) is 1.40. The van der Waals surface area contributed by atoms with Crippen LogP contribution in [0.1, 0.15) is 42.5 Å². The van der Waals surface area contributed by atoms with E-state index in [9.17, 15) is 9.90 Å². The Morgan fingerprint density at radius 2 is 1.82 bits per heavy atom. The van der Waals surface area contributed by atoms with Crippen LogP contribution in [0.4, 0.5) is 0 Å². The zero-order valence-corrected chi connectivity index (χ0v) is 13.4. The molecular formula is C17H23ClN2O2. The molecular weight excluding hydrogens is 300 g/mol. The summed E-state index contributed by atoms with van der Waals surface area (Å²) in [5, 5.41) is 13.8. The zero-order valence-electron chi connectivity index (χ0n) is 12.7. The highest BCUT2D eigenvalue weighted by molar-refractivity contribution is 6.30. The van der Waals surface area contributed by atoms with E-state index in [1.54, 1.807) is 24.3 Å². The van der Waals surface area contributed by atoms with Gasteiger partial charge in [-0.25, -0.2) is 0 Å². The molecule has 4 nitrogen and oxygen atoms in total. The molecule has 2 aliphatic rings. The first kappa shape index (κ1) is 15.8. The molecule has 1 amide bonds. The van der Waals surface area contributed by atoms with Crippen molar-refractivity contribution < 1.29 is 9.90 Å². The fourth-order valence-corrected chi connectivity index (χ4v) is 3.68. The summed E-state index contributed by atoms with van der Waals surface area (Å²) in [5.74, 6) is -0.147. The standard InChI is InChI=1S/C17H23ClN2O2/c18-13-8-6-12(7-9-13)17(22)19-15-10-20(11-16(15)21)14-4-2-1-3-5-14/h6-9,14-16,21H,1-5,10-11H2,(H,19,22)/t15-,16-/m1/s1. The molecule has 0 radical (unpaired) electrons. The molecule has 2 fully saturated rings. The van der Waals surface area contributed by atoms with Crippen molar-refractivity contribution in [3.8, 4) is 0 Å². The number of halogens is 1. The monoisotopic (exact) mass is 322 g/mol. The fraction of sp³-hybridized carbons (Fsp3) is 0.588. The molecule has 1 aromatic carbocycles. The van der Waals surface area contributed by atoms with Crippen LogP contribution in [-0.2, 0) is 0 Å². The van der Waals surface area contributed by atoms with Crippen LogP contribution in [-0.4, -0.2) is 47.2 Å². The Morgan fingerprint density at radius 3 is 2.50 bits per heavy atom. The second-order valence-corrected chi connectivity index (χ2v) is 6.84. The van der Waals surface area contributed by atoms with Crippen LogP contribution in [0, 0.1) is 0 Å². The number of carbonyl (C=O) groups is 1. The van der Waals surface area contributed by atoms with E-state index in [1.807, 2.05) is 0 Å². The van der Waals surface area contributed by atoms with E-state index >= 15 is 0 Å². The van der Waals surface area contributed by atoms with E-state index in [2.05, 4.69) is 10.2 Å². The van der Waals surface area contributed by atoms with E-state index in [-0.39, 0.29) is 11.9 Å². The first-order valence-corrected chi connectivity index (χ1v) is 8.50.